The van der Waals surface area contributed by atoms with Crippen molar-refractivity contribution in [1.82, 2.24) is 24.4 Å². The first kappa shape index (κ1) is 16.1. The molecular weight excluding hydrogens is 398 g/mol. The third kappa shape index (κ3) is 2.90. The van der Waals surface area contributed by atoms with Crippen LogP contribution in [0, 0.1) is 0 Å². The number of aromatic nitrogens is 5. The van der Waals surface area contributed by atoms with Crippen molar-refractivity contribution in [1.29, 1.82) is 0 Å². The number of hydrogen-bond acceptors (Lipinski definition) is 4. The third-order valence-electron chi connectivity index (χ3n) is 4.22. The number of halogens is 3. The number of carbonyl (C=O) groups is 1. The van der Waals surface area contributed by atoms with Crippen LogP contribution in [0.1, 0.15) is 47.9 Å². The van der Waals surface area contributed by atoms with Gasteiger partial charge in [0.2, 0.25) is 0 Å². The van der Waals surface area contributed by atoms with E-state index in [0.29, 0.717) is 10.1 Å². The Hall–Kier alpha value is -2.36. The van der Waals surface area contributed by atoms with Crippen LogP contribution in [0.5, 0.6) is 0 Å². The molecule has 1 aliphatic rings. The minimum atomic E-state index is -2.77. The summed E-state index contributed by atoms with van der Waals surface area (Å²) in [4.78, 5) is 16.6. The monoisotopic (exact) mass is 410 g/mol. The first-order valence-electron chi connectivity index (χ1n) is 7.71. The van der Waals surface area contributed by atoms with Crippen LogP contribution in [0.3, 0.4) is 0 Å². The highest BCUT2D eigenvalue weighted by molar-refractivity contribution is 9.10. The van der Waals surface area contributed by atoms with Gasteiger partial charge in [-0.05, 0) is 41.3 Å². The van der Waals surface area contributed by atoms with Gasteiger partial charge in [0.1, 0.15) is 5.69 Å². The summed E-state index contributed by atoms with van der Waals surface area (Å²) in [7, 11) is 0. The van der Waals surface area contributed by atoms with Crippen molar-refractivity contribution < 1.29 is 13.6 Å². The summed E-state index contributed by atoms with van der Waals surface area (Å²) in [5, 5.41) is 10.5. The Bertz CT molecular complexity index is 949. The standard InChI is InChI=1S/C15H13BrF2N6O/c16-9-6-19-23-5-4-10(20-14(9)23)15(25)21-11-7-24(8-2-1-3-8)22-12(11)13(17)18/h4-8,13H,1-3H2,(H,21,25). The number of nitrogens with one attached hydrogen (secondary N) is 1. The van der Waals surface area contributed by atoms with E-state index in [1.54, 1.807) is 12.4 Å². The summed E-state index contributed by atoms with van der Waals surface area (Å²) in [5.41, 5.74) is 0.158. The van der Waals surface area contributed by atoms with Gasteiger partial charge < -0.3 is 5.32 Å². The van der Waals surface area contributed by atoms with Crippen LogP contribution >= 0.6 is 15.9 Å². The predicted octanol–water partition coefficient (Wildman–Crippen LogP) is 3.60. The molecule has 0 aliphatic heterocycles. The molecule has 0 radical (unpaired) electrons. The molecule has 3 heterocycles. The lowest BCUT2D eigenvalue weighted by Gasteiger charge is -2.25. The Labute approximate surface area is 149 Å². The maximum Gasteiger partial charge on any atom is 0.284 e. The number of anilines is 1. The SMILES string of the molecule is O=C(Nc1cn(C2CCC2)nc1C(F)F)c1ccn2ncc(Br)c2n1. The number of hydrogen-bond donors (Lipinski definition) is 1. The van der Waals surface area contributed by atoms with Crippen molar-refractivity contribution in [2.75, 3.05) is 5.32 Å². The van der Waals surface area contributed by atoms with Gasteiger partial charge >= 0.3 is 0 Å². The Morgan fingerprint density at radius 1 is 1.40 bits per heavy atom. The molecule has 130 valence electrons. The molecule has 0 aromatic carbocycles. The van der Waals surface area contributed by atoms with Gasteiger partial charge in [0.25, 0.3) is 12.3 Å². The summed E-state index contributed by atoms with van der Waals surface area (Å²) in [6.07, 6.45) is 4.71. The highest BCUT2D eigenvalue weighted by Gasteiger charge is 2.26. The van der Waals surface area contributed by atoms with E-state index >= 15 is 0 Å². The fraction of sp³-hybridized carbons (Fsp3) is 0.333. The van der Waals surface area contributed by atoms with Crippen LogP contribution in [0.2, 0.25) is 0 Å². The van der Waals surface area contributed by atoms with Crippen molar-refractivity contribution >= 4 is 33.2 Å². The van der Waals surface area contributed by atoms with Gasteiger partial charge in [0, 0.05) is 12.4 Å². The predicted molar refractivity (Wildman–Crippen MR) is 88.7 cm³/mol. The molecule has 0 unspecified atom stereocenters. The number of alkyl halides is 2. The third-order valence-corrected chi connectivity index (χ3v) is 4.78. The molecule has 25 heavy (non-hydrogen) atoms. The topological polar surface area (TPSA) is 77.1 Å². The van der Waals surface area contributed by atoms with E-state index in [2.05, 4.69) is 36.4 Å². The van der Waals surface area contributed by atoms with Gasteiger partial charge in [-0.2, -0.15) is 10.2 Å². The lowest BCUT2D eigenvalue weighted by Crippen LogP contribution is -2.17. The normalized spacial score (nSPS) is 14.9. The second kappa shape index (κ2) is 6.17. The summed E-state index contributed by atoms with van der Waals surface area (Å²) in [6, 6.07) is 1.60. The van der Waals surface area contributed by atoms with Crippen LogP contribution in [0.15, 0.2) is 29.1 Å². The van der Waals surface area contributed by atoms with E-state index in [4.69, 9.17) is 0 Å². The molecule has 0 atom stereocenters. The summed E-state index contributed by atoms with van der Waals surface area (Å²) >= 11 is 3.29. The molecule has 0 spiro atoms. The van der Waals surface area contributed by atoms with Crippen molar-refractivity contribution in [3.63, 3.8) is 0 Å². The molecule has 1 amide bonds. The number of nitrogens with zero attached hydrogens (tertiary/aromatic N) is 5. The van der Waals surface area contributed by atoms with Crippen LogP contribution in [-0.2, 0) is 0 Å². The highest BCUT2D eigenvalue weighted by Crippen LogP contribution is 2.34. The fourth-order valence-corrected chi connectivity index (χ4v) is 3.02. The van der Waals surface area contributed by atoms with Gasteiger partial charge in [0.05, 0.1) is 22.4 Å². The van der Waals surface area contributed by atoms with Crippen molar-refractivity contribution in [3.8, 4) is 0 Å². The zero-order valence-corrected chi connectivity index (χ0v) is 14.4. The first-order valence-corrected chi connectivity index (χ1v) is 8.50. The Morgan fingerprint density at radius 2 is 2.20 bits per heavy atom. The molecule has 0 bridgehead atoms. The van der Waals surface area contributed by atoms with E-state index in [-0.39, 0.29) is 17.4 Å². The van der Waals surface area contributed by atoms with Crippen LogP contribution in [0.25, 0.3) is 5.65 Å². The molecule has 1 N–H and O–H groups in total. The second-order valence-electron chi connectivity index (χ2n) is 5.82. The molecule has 1 fully saturated rings. The number of rotatable bonds is 4. The Morgan fingerprint density at radius 3 is 2.88 bits per heavy atom. The minimum Gasteiger partial charge on any atom is -0.318 e. The van der Waals surface area contributed by atoms with Crippen molar-refractivity contribution in [3.05, 3.63) is 40.5 Å². The van der Waals surface area contributed by atoms with Gasteiger partial charge in [-0.3, -0.25) is 9.48 Å². The van der Waals surface area contributed by atoms with E-state index in [9.17, 15) is 13.6 Å². The summed E-state index contributed by atoms with van der Waals surface area (Å²) < 4.78 is 30.1. The zero-order valence-electron chi connectivity index (χ0n) is 12.9. The number of amides is 1. The first-order chi connectivity index (χ1) is 12.0. The number of carbonyl (C=O) groups excluding carboxylic acids is 1. The largest absolute Gasteiger partial charge is 0.318 e. The van der Waals surface area contributed by atoms with E-state index < -0.39 is 18.0 Å². The molecule has 3 aromatic heterocycles. The quantitative estimate of drug-likeness (QED) is 0.712. The van der Waals surface area contributed by atoms with Crippen LogP contribution in [0.4, 0.5) is 14.5 Å². The van der Waals surface area contributed by atoms with Crippen molar-refractivity contribution in [2.45, 2.75) is 31.7 Å². The van der Waals surface area contributed by atoms with E-state index in [1.165, 1.54) is 21.5 Å². The Kier molecular flexibility index (Phi) is 3.98. The average Bonchev–Trinajstić information content (AvgIpc) is 3.10. The lowest BCUT2D eigenvalue weighted by atomic mass is 9.93. The molecule has 4 rings (SSSR count). The van der Waals surface area contributed by atoms with Gasteiger partial charge in [-0.15, -0.1) is 0 Å². The Balaban J connectivity index is 1.62. The second-order valence-corrected chi connectivity index (χ2v) is 6.68. The number of fused-ring (bicyclic) bond motifs is 1. The van der Waals surface area contributed by atoms with Crippen LogP contribution < -0.4 is 5.32 Å². The molecule has 7 nitrogen and oxygen atoms in total. The molecule has 1 saturated carbocycles. The fourth-order valence-electron chi connectivity index (χ4n) is 2.66. The van der Waals surface area contributed by atoms with Crippen LogP contribution in [-0.4, -0.2) is 30.3 Å². The highest BCUT2D eigenvalue weighted by atomic mass is 79.9. The van der Waals surface area contributed by atoms with E-state index in [1.807, 2.05) is 0 Å². The maximum absolute atomic E-state index is 13.2. The smallest absolute Gasteiger partial charge is 0.284 e. The van der Waals surface area contributed by atoms with Gasteiger partial charge in [-0.25, -0.2) is 18.3 Å². The molecule has 0 saturated heterocycles. The minimum absolute atomic E-state index is 0.0150. The zero-order chi connectivity index (χ0) is 17.6. The summed E-state index contributed by atoms with van der Waals surface area (Å²) in [6.45, 7) is 0. The summed E-state index contributed by atoms with van der Waals surface area (Å²) in [5.74, 6) is -0.578. The average molecular weight is 411 g/mol. The van der Waals surface area contributed by atoms with Crippen molar-refractivity contribution in [2.24, 2.45) is 0 Å². The molecule has 10 heteroatoms. The van der Waals surface area contributed by atoms with Gasteiger partial charge in [-0.1, -0.05) is 0 Å². The van der Waals surface area contributed by atoms with E-state index in [0.717, 1.165) is 19.3 Å². The molecule has 3 aromatic rings. The lowest BCUT2D eigenvalue weighted by molar-refractivity contribution is 0.102. The molecule has 1 aliphatic carbocycles. The molecular formula is C15H13BrF2N6O. The van der Waals surface area contributed by atoms with Gasteiger partial charge in [0.15, 0.2) is 11.3 Å². The maximum atomic E-state index is 13.2.